The van der Waals surface area contributed by atoms with Crippen molar-refractivity contribution >= 4 is 11.5 Å². The number of rotatable bonds is 2. The third kappa shape index (κ3) is 2.49. The number of hydrogen-bond acceptors (Lipinski definition) is 4. The summed E-state index contributed by atoms with van der Waals surface area (Å²) in [5.41, 5.74) is 1.15. The van der Waals surface area contributed by atoms with Gasteiger partial charge in [0.15, 0.2) is 0 Å². The molecule has 2 heterocycles. The second-order valence-corrected chi connectivity index (χ2v) is 4.35. The Kier molecular flexibility index (Phi) is 2.93. The zero-order valence-electron chi connectivity index (χ0n) is 7.92. The van der Waals surface area contributed by atoms with Crippen LogP contribution < -0.4 is 5.32 Å². The fourth-order valence-corrected chi connectivity index (χ4v) is 2.36. The lowest BCUT2D eigenvalue weighted by molar-refractivity contribution is 0.235. The minimum Gasteiger partial charge on any atom is -0.314 e. The third-order valence-electron chi connectivity index (χ3n) is 2.27. The van der Waals surface area contributed by atoms with Gasteiger partial charge in [0, 0.05) is 37.6 Å². The topological polar surface area (TPSA) is 28.2 Å². The molecule has 0 aliphatic carbocycles. The minimum atomic E-state index is 1.08. The van der Waals surface area contributed by atoms with E-state index in [0.29, 0.717) is 0 Å². The number of aryl methyl sites for hydroxylation is 1. The lowest BCUT2D eigenvalue weighted by Crippen LogP contribution is -2.42. The first-order valence-corrected chi connectivity index (χ1v) is 5.47. The van der Waals surface area contributed by atoms with Crippen LogP contribution in [0.2, 0.25) is 0 Å². The van der Waals surface area contributed by atoms with E-state index in [-0.39, 0.29) is 0 Å². The summed E-state index contributed by atoms with van der Waals surface area (Å²) in [7, 11) is 0. The Hall–Kier alpha value is -0.450. The summed E-state index contributed by atoms with van der Waals surface area (Å²) in [6, 6.07) is 2.19. The van der Waals surface area contributed by atoms with Crippen molar-refractivity contribution in [2.75, 3.05) is 26.2 Å². The van der Waals surface area contributed by atoms with Gasteiger partial charge in [-0.1, -0.05) is 0 Å². The fourth-order valence-electron chi connectivity index (χ4n) is 1.58. The average Bonchev–Trinajstić information content (AvgIpc) is 2.53. The van der Waals surface area contributed by atoms with Gasteiger partial charge in [-0.25, -0.2) is 0 Å². The molecule has 0 radical (unpaired) electrons. The van der Waals surface area contributed by atoms with Crippen LogP contribution in [0.25, 0.3) is 0 Å². The predicted octanol–water partition coefficient (Wildman–Crippen LogP) is 0.857. The Morgan fingerprint density at radius 3 is 2.92 bits per heavy atom. The first-order valence-electron chi connectivity index (χ1n) is 4.70. The van der Waals surface area contributed by atoms with E-state index in [1.807, 2.05) is 0 Å². The maximum Gasteiger partial charge on any atom is 0.0514 e. The van der Waals surface area contributed by atoms with E-state index in [2.05, 4.69) is 27.6 Å². The largest absolute Gasteiger partial charge is 0.314 e. The first kappa shape index (κ1) is 9.12. The van der Waals surface area contributed by atoms with Crippen molar-refractivity contribution in [3.8, 4) is 0 Å². The fraction of sp³-hybridized carbons (Fsp3) is 0.667. The van der Waals surface area contributed by atoms with Crippen molar-refractivity contribution in [3.05, 3.63) is 16.6 Å². The number of aromatic nitrogens is 1. The summed E-state index contributed by atoms with van der Waals surface area (Å²) in [6.45, 7) is 7.70. The smallest absolute Gasteiger partial charge is 0.0514 e. The van der Waals surface area contributed by atoms with E-state index in [1.54, 1.807) is 11.5 Å². The molecule has 0 saturated carbocycles. The second-order valence-electron chi connectivity index (χ2n) is 3.46. The van der Waals surface area contributed by atoms with Crippen molar-refractivity contribution in [1.82, 2.24) is 14.6 Å². The normalized spacial score (nSPS) is 19.2. The summed E-state index contributed by atoms with van der Waals surface area (Å²) < 4.78 is 4.28. The molecule has 0 bridgehead atoms. The van der Waals surface area contributed by atoms with Crippen molar-refractivity contribution in [2.45, 2.75) is 13.5 Å². The lowest BCUT2D eigenvalue weighted by Gasteiger charge is -2.26. The molecular weight excluding hydrogens is 182 g/mol. The van der Waals surface area contributed by atoms with E-state index in [4.69, 9.17) is 0 Å². The van der Waals surface area contributed by atoms with Crippen LogP contribution in [0.5, 0.6) is 0 Å². The number of nitrogens with one attached hydrogen (secondary N) is 1. The maximum atomic E-state index is 4.28. The van der Waals surface area contributed by atoms with E-state index in [1.165, 1.54) is 4.88 Å². The standard InChI is InChI=1S/C9H15N3S/c1-8-6-9(13-11-8)7-12-4-2-10-3-5-12/h6,10H,2-5,7H2,1H3. The van der Waals surface area contributed by atoms with Crippen LogP contribution in [0.1, 0.15) is 10.6 Å². The summed E-state index contributed by atoms with van der Waals surface area (Å²) in [6.07, 6.45) is 0. The molecule has 0 unspecified atom stereocenters. The molecule has 0 spiro atoms. The highest BCUT2D eigenvalue weighted by Gasteiger charge is 2.10. The van der Waals surface area contributed by atoms with Gasteiger partial charge in [0.1, 0.15) is 0 Å². The Labute approximate surface area is 82.9 Å². The van der Waals surface area contributed by atoms with Gasteiger partial charge in [0.25, 0.3) is 0 Å². The molecule has 0 aromatic carbocycles. The van der Waals surface area contributed by atoms with Gasteiger partial charge in [-0.2, -0.15) is 4.37 Å². The monoisotopic (exact) mass is 197 g/mol. The highest BCUT2D eigenvalue weighted by Crippen LogP contribution is 2.12. The molecule has 1 N–H and O–H groups in total. The third-order valence-corrected chi connectivity index (χ3v) is 3.13. The summed E-state index contributed by atoms with van der Waals surface area (Å²) in [5, 5.41) is 3.35. The van der Waals surface area contributed by atoms with Gasteiger partial charge in [-0.15, -0.1) is 0 Å². The van der Waals surface area contributed by atoms with E-state index in [0.717, 1.165) is 38.4 Å². The van der Waals surface area contributed by atoms with Crippen LogP contribution in [-0.2, 0) is 6.54 Å². The van der Waals surface area contributed by atoms with Crippen molar-refractivity contribution in [3.63, 3.8) is 0 Å². The van der Waals surface area contributed by atoms with Crippen molar-refractivity contribution in [2.24, 2.45) is 0 Å². The molecule has 3 nitrogen and oxygen atoms in total. The highest BCUT2D eigenvalue weighted by molar-refractivity contribution is 7.05. The molecule has 13 heavy (non-hydrogen) atoms. The molecule has 1 saturated heterocycles. The quantitative estimate of drug-likeness (QED) is 0.762. The van der Waals surface area contributed by atoms with Gasteiger partial charge >= 0.3 is 0 Å². The van der Waals surface area contributed by atoms with Crippen molar-refractivity contribution < 1.29 is 0 Å². The van der Waals surface area contributed by atoms with Crippen LogP contribution in [0.15, 0.2) is 6.07 Å². The predicted molar refractivity (Wildman–Crippen MR) is 55.0 cm³/mol. The Bertz CT molecular complexity index is 266. The van der Waals surface area contributed by atoms with E-state index in [9.17, 15) is 0 Å². The maximum absolute atomic E-state index is 4.28. The van der Waals surface area contributed by atoms with Gasteiger partial charge in [0.2, 0.25) is 0 Å². The second kappa shape index (κ2) is 4.17. The minimum absolute atomic E-state index is 1.08. The molecule has 1 aliphatic heterocycles. The van der Waals surface area contributed by atoms with Gasteiger partial charge in [0.05, 0.1) is 5.69 Å². The number of nitrogens with zero attached hydrogens (tertiary/aromatic N) is 2. The molecular formula is C9H15N3S. The Morgan fingerprint density at radius 1 is 1.54 bits per heavy atom. The molecule has 1 fully saturated rings. The Morgan fingerprint density at radius 2 is 2.31 bits per heavy atom. The van der Waals surface area contributed by atoms with Crippen LogP contribution in [0, 0.1) is 6.92 Å². The molecule has 1 aliphatic rings. The van der Waals surface area contributed by atoms with E-state index >= 15 is 0 Å². The van der Waals surface area contributed by atoms with Crippen LogP contribution in [-0.4, -0.2) is 35.5 Å². The van der Waals surface area contributed by atoms with Gasteiger partial charge < -0.3 is 5.32 Å². The Balaban J connectivity index is 1.89. The first-order chi connectivity index (χ1) is 6.34. The SMILES string of the molecule is Cc1cc(CN2CCNCC2)sn1. The molecule has 4 heteroatoms. The molecule has 1 aromatic rings. The van der Waals surface area contributed by atoms with Gasteiger partial charge in [-0.3, -0.25) is 4.90 Å². The molecule has 72 valence electrons. The van der Waals surface area contributed by atoms with Crippen molar-refractivity contribution in [1.29, 1.82) is 0 Å². The summed E-state index contributed by atoms with van der Waals surface area (Å²) >= 11 is 1.63. The number of hydrogen-bond donors (Lipinski definition) is 1. The highest BCUT2D eigenvalue weighted by atomic mass is 32.1. The van der Waals surface area contributed by atoms with Gasteiger partial charge in [-0.05, 0) is 24.5 Å². The molecule has 1 aromatic heterocycles. The molecule has 0 atom stereocenters. The van der Waals surface area contributed by atoms with E-state index < -0.39 is 0 Å². The zero-order chi connectivity index (χ0) is 9.10. The number of piperazine rings is 1. The zero-order valence-corrected chi connectivity index (χ0v) is 8.73. The lowest BCUT2D eigenvalue weighted by atomic mass is 10.3. The van der Waals surface area contributed by atoms with Crippen LogP contribution in [0.3, 0.4) is 0 Å². The van der Waals surface area contributed by atoms with Crippen LogP contribution >= 0.6 is 11.5 Å². The molecule has 0 amide bonds. The summed E-state index contributed by atoms with van der Waals surface area (Å²) in [5.74, 6) is 0. The average molecular weight is 197 g/mol. The summed E-state index contributed by atoms with van der Waals surface area (Å²) in [4.78, 5) is 3.86. The van der Waals surface area contributed by atoms with Crippen LogP contribution in [0.4, 0.5) is 0 Å². The molecule has 2 rings (SSSR count).